The minimum absolute atomic E-state index is 0.163. The highest BCUT2D eigenvalue weighted by Gasteiger charge is 2.33. The normalized spacial score (nSPS) is 15.6. The molecule has 0 saturated heterocycles. The molecule has 0 aliphatic carbocycles. The number of thiazole rings is 1. The second-order valence-corrected chi connectivity index (χ2v) is 8.25. The number of carbonyl (C=O) groups excluding carboxylic acids is 1. The molecule has 0 N–H and O–H groups in total. The van der Waals surface area contributed by atoms with Gasteiger partial charge in [-0.3, -0.25) is 19.5 Å². The van der Waals surface area contributed by atoms with E-state index in [0.717, 1.165) is 11.3 Å². The number of rotatable bonds is 7. The van der Waals surface area contributed by atoms with E-state index in [1.54, 1.807) is 38.1 Å². The second kappa shape index (κ2) is 9.48. The van der Waals surface area contributed by atoms with Crippen molar-refractivity contribution >= 4 is 29.3 Å². The van der Waals surface area contributed by atoms with Crippen LogP contribution in [0.1, 0.15) is 38.1 Å². The molecule has 0 fully saturated rings. The van der Waals surface area contributed by atoms with Crippen LogP contribution in [0.3, 0.4) is 0 Å². The maximum absolute atomic E-state index is 13.5. The maximum atomic E-state index is 13.5. The number of allylic oxidation sites excluding steroid dienone is 1. The highest BCUT2D eigenvalue weighted by Crippen LogP contribution is 2.31. The summed E-state index contributed by atoms with van der Waals surface area (Å²) in [5, 5.41) is 10.9. The number of fused-ring (bicyclic) bond motifs is 1. The summed E-state index contributed by atoms with van der Waals surface area (Å²) in [4.78, 5) is 41.5. The molecule has 1 aromatic carbocycles. The van der Waals surface area contributed by atoms with Gasteiger partial charge in [0.05, 0.1) is 41.1 Å². The van der Waals surface area contributed by atoms with E-state index in [4.69, 9.17) is 13.9 Å². The molecule has 10 nitrogen and oxygen atoms in total. The van der Waals surface area contributed by atoms with E-state index in [9.17, 15) is 19.7 Å². The first-order valence-corrected chi connectivity index (χ1v) is 11.3. The molecule has 0 saturated carbocycles. The fourth-order valence-corrected chi connectivity index (χ4v) is 4.69. The molecule has 1 aliphatic rings. The van der Waals surface area contributed by atoms with Crippen molar-refractivity contribution in [3.8, 4) is 5.75 Å². The van der Waals surface area contributed by atoms with E-state index >= 15 is 0 Å². The Morgan fingerprint density at radius 3 is 2.59 bits per heavy atom. The van der Waals surface area contributed by atoms with Crippen LogP contribution in [-0.2, 0) is 9.53 Å². The van der Waals surface area contributed by atoms with E-state index in [2.05, 4.69) is 4.99 Å². The van der Waals surface area contributed by atoms with Gasteiger partial charge in [0, 0.05) is 6.08 Å². The number of benzene rings is 1. The van der Waals surface area contributed by atoms with Crippen molar-refractivity contribution in [2.45, 2.75) is 26.8 Å². The van der Waals surface area contributed by atoms with Crippen molar-refractivity contribution in [2.24, 2.45) is 4.99 Å². The quantitative estimate of drug-likeness (QED) is 0.287. The topological polar surface area (TPSA) is 126 Å². The van der Waals surface area contributed by atoms with Crippen LogP contribution in [-0.4, -0.2) is 28.7 Å². The molecule has 3 aromatic rings. The van der Waals surface area contributed by atoms with Gasteiger partial charge in [0.15, 0.2) is 4.80 Å². The van der Waals surface area contributed by atoms with Crippen LogP contribution in [0.4, 0.5) is 5.88 Å². The predicted octanol–water partition coefficient (Wildman–Crippen LogP) is 2.70. The van der Waals surface area contributed by atoms with Gasteiger partial charge in [0.1, 0.15) is 16.4 Å². The number of hydrogen-bond donors (Lipinski definition) is 0. The number of ether oxygens (including phenoxy) is 2. The zero-order valence-electron chi connectivity index (χ0n) is 18.6. The van der Waals surface area contributed by atoms with Crippen LogP contribution < -0.4 is 19.6 Å². The largest absolute Gasteiger partial charge is 0.494 e. The molecule has 0 amide bonds. The molecule has 4 rings (SSSR count). The fourth-order valence-electron chi connectivity index (χ4n) is 3.67. The summed E-state index contributed by atoms with van der Waals surface area (Å²) in [6.45, 7) is 5.96. The van der Waals surface area contributed by atoms with Crippen molar-refractivity contribution in [1.29, 1.82) is 0 Å². The fraction of sp³-hybridized carbons (Fsp3) is 0.261. The van der Waals surface area contributed by atoms with Gasteiger partial charge in [-0.15, -0.1) is 0 Å². The molecule has 0 unspecified atom stereocenters. The molecule has 176 valence electrons. The van der Waals surface area contributed by atoms with Crippen LogP contribution >= 0.6 is 11.3 Å². The lowest BCUT2D eigenvalue weighted by atomic mass is 9.96. The standard InChI is InChI=1S/C23H21N3O7S/c1-4-31-15-8-6-14(7-9-15)20-19(22(28)32-5-2)13(3)24-23-25(20)21(27)17(34-23)12-16-10-11-18(33-16)26(29)30/h6-12,20H,4-5H2,1-3H3/b17-12-/t20-/m1/s1. The zero-order chi connectivity index (χ0) is 24.4. The predicted molar refractivity (Wildman–Crippen MR) is 123 cm³/mol. The van der Waals surface area contributed by atoms with E-state index in [0.29, 0.717) is 28.4 Å². The van der Waals surface area contributed by atoms with Crippen molar-refractivity contribution in [2.75, 3.05) is 13.2 Å². The Morgan fingerprint density at radius 2 is 1.97 bits per heavy atom. The molecule has 34 heavy (non-hydrogen) atoms. The zero-order valence-corrected chi connectivity index (χ0v) is 19.5. The number of furan rings is 1. The number of aromatic nitrogens is 1. The molecular weight excluding hydrogens is 462 g/mol. The van der Waals surface area contributed by atoms with Crippen LogP contribution in [0, 0.1) is 10.1 Å². The third-order valence-electron chi connectivity index (χ3n) is 5.09. The first kappa shape index (κ1) is 23.2. The van der Waals surface area contributed by atoms with Crippen molar-refractivity contribution in [1.82, 2.24) is 4.57 Å². The first-order valence-electron chi connectivity index (χ1n) is 10.5. The van der Waals surface area contributed by atoms with Gasteiger partial charge in [-0.25, -0.2) is 9.79 Å². The average molecular weight is 484 g/mol. The Labute approximate surface area is 197 Å². The Kier molecular flexibility index (Phi) is 6.46. The third kappa shape index (κ3) is 4.29. The number of esters is 1. The lowest BCUT2D eigenvalue weighted by molar-refractivity contribution is -0.402. The molecule has 1 aliphatic heterocycles. The van der Waals surface area contributed by atoms with Crippen LogP contribution in [0.2, 0.25) is 0 Å². The molecular formula is C23H21N3O7S. The monoisotopic (exact) mass is 483 g/mol. The van der Waals surface area contributed by atoms with E-state index in [-0.39, 0.29) is 22.5 Å². The molecule has 1 atom stereocenters. The number of nitrogens with zero attached hydrogens (tertiary/aromatic N) is 3. The summed E-state index contributed by atoms with van der Waals surface area (Å²) in [7, 11) is 0. The number of carbonyl (C=O) groups is 1. The Morgan fingerprint density at radius 1 is 1.24 bits per heavy atom. The van der Waals surface area contributed by atoms with Crippen molar-refractivity contribution in [3.05, 3.63) is 88.8 Å². The Bertz CT molecular complexity index is 1460. The van der Waals surface area contributed by atoms with Gasteiger partial charge in [-0.05, 0) is 44.5 Å². The Balaban J connectivity index is 1.89. The summed E-state index contributed by atoms with van der Waals surface area (Å²) < 4.78 is 17.6. The summed E-state index contributed by atoms with van der Waals surface area (Å²) in [5.74, 6) is -0.155. The average Bonchev–Trinajstić information content (AvgIpc) is 3.39. The Hall–Kier alpha value is -3.99. The van der Waals surface area contributed by atoms with Gasteiger partial charge >= 0.3 is 11.9 Å². The maximum Gasteiger partial charge on any atom is 0.433 e. The molecule has 0 radical (unpaired) electrons. The summed E-state index contributed by atoms with van der Waals surface area (Å²) >= 11 is 1.10. The van der Waals surface area contributed by atoms with Crippen molar-refractivity contribution in [3.63, 3.8) is 0 Å². The third-order valence-corrected chi connectivity index (χ3v) is 6.07. The SMILES string of the molecule is CCOC(=O)C1=C(C)N=c2s/c(=C\c3ccc([N+](=O)[O-])o3)c(=O)n2[C@@H]1c1ccc(OCC)cc1. The first-order chi connectivity index (χ1) is 16.3. The van der Waals surface area contributed by atoms with Gasteiger partial charge in [-0.2, -0.15) is 0 Å². The van der Waals surface area contributed by atoms with Gasteiger partial charge < -0.3 is 13.9 Å². The van der Waals surface area contributed by atoms with Crippen molar-refractivity contribution < 1.29 is 23.6 Å². The van der Waals surface area contributed by atoms with E-state index < -0.39 is 28.4 Å². The molecule has 3 heterocycles. The summed E-state index contributed by atoms with van der Waals surface area (Å²) in [6.07, 6.45) is 1.43. The molecule has 2 aromatic heterocycles. The lowest BCUT2D eigenvalue weighted by Crippen LogP contribution is -2.39. The molecule has 11 heteroatoms. The number of nitro groups is 1. The van der Waals surface area contributed by atoms with Gasteiger partial charge in [0.25, 0.3) is 5.56 Å². The van der Waals surface area contributed by atoms with E-state index in [1.807, 2.05) is 6.92 Å². The molecule has 0 bridgehead atoms. The highest BCUT2D eigenvalue weighted by molar-refractivity contribution is 7.07. The number of hydrogen-bond acceptors (Lipinski definition) is 9. The van der Waals surface area contributed by atoms with Gasteiger partial charge in [0.2, 0.25) is 0 Å². The van der Waals surface area contributed by atoms with E-state index in [1.165, 1.54) is 22.8 Å². The molecule has 0 spiro atoms. The summed E-state index contributed by atoms with van der Waals surface area (Å²) in [5.41, 5.74) is 0.982. The van der Waals surface area contributed by atoms with Crippen LogP contribution in [0.15, 0.2) is 61.9 Å². The minimum atomic E-state index is -0.765. The van der Waals surface area contributed by atoms with Gasteiger partial charge in [-0.1, -0.05) is 23.5 Å². The highest BCUT2D eigenvalue weighted by atomic mass is 32.1. The summed E-state index contributed by atoms with van der Waals surface area (Å²) in [6, 6.07) is 8.99. The smallest absolute Gasteiger partial charge is 0.433 e. The van der Waals surface area contributed by atoms with Crippen LogP contribution in [0.5, 0.6) is 5.75 Å². The second-order valence-electron chi connectivity index (χ2n) is 7.24. The minimum Gasteiger partial charge on any atom is -0.494 e. The lowest BCUT2D eigenvalue weighted by Gasteiger charge is -2.24. The van der Waals surface area contributed by atoms with Crippen LogP contribution in [0.25, 0.3) is 6.08 Å².